The molecule has 0 radical (unpaired) electrons. The van der Waals surface area contributed by atoms with Crippen LogP contribution >= 0.6 is 0 Å². The number of hydrogen-bond acceptors (Lipinski definition) is 1. The lowest BCUT2D eigenvalue weighted by molar-refractivity contribution is -0.00816. The van der Waals surface area contributed by atoms with Crippen LogP contribution in [0, 0.1) is 0 Å². The Bertz CT molecular complexity index is 409. The fraction of sp³-hybridized carbons (Fsp3) is 0.500. The highest BCUT2D eigenvalue weighted by atomic mass is 16.5. The molecule has 0 fully saturated rings. The van der Waals surface area contributed by atoms with E-state index in [1.54, 1.807) is 0 Å². The Balaban J connectivity index is 2.21. The third-order valence-corrected chi connectivity index (χ3v) is 3.67. The summed E-state index contributed by atoms with van der Waals surface area (Å²) in [4.78, 5) is 0. The molecule has 1 heteroatoms. The molecule has 1 nitrogen and oxygen atoms in total. The van der Waals surface area contributed by atoms with Crippen LogP contribution in [0.2, 0.25) is 0 Å². The zero-order valence-corrected chi connectivity index (χ0v) is 11.1. The summed E-state index contributed by atoms with van der Waals surface area (Å²) < 4.78 is 6.11. The summed E-state index contributed by atoms with van der Waals surface area (Å²) in [5.74, 6) is 0. The molecule has 0 aromatic rings. The van der Waals surface area contributed by atoms with Crippen molar-refractivity contribution in [2.45, 2.75) is 45.6 Å². The van der Waals surface area contributed by atoms with Gasteiger partial charge in [-0.3, -0.25) is 0 Å². The number of ether oxygens (including phenoxy) is 1. The van der Waals surface area contributed by atoms with Crippen molar-refractivity contribution in [2.75, 3.05) is 6.61 Å². The Labute approximate surface area is 105 Å². The quantitative estimate of drug-likeness (QED) is 0.698. The third kappa shape index (κ3) is 2.61. The minimum atomic E-state index is -0.102. The first-order valence-electron chi connectivity index (χ1n) is 6.51. The van der Waals surface area contributed by atoms with Crippen molar-refractivity contribution >= 4 is 0 Å². The molecule has 0 bridgehead atoms. The summed E-state index contributed by atoms with van der Waals surface area (Å²) >= 11 is 0. The van der Waals surface area contributed by atoms with E-state index < -0.39 is 0 Å². The molecule has 2 aliphatic carbocycles. The van der Waals surface area contributed by atoms with Gasteiger partial charge in [-0.25, -0.2) is 0 Å². The van der Waals surface area contributed by atoms with Crippen LogP contribution in [0.15, 0.2) is 47.1 Å². The average Bonchev–Trinajstić information content (AvgIpc) is 2.77. The lowest BCUT2D eigenvalue weighted by Crippen LogP contribution is -2.35. The molecule has 0 aromatic heterocycles. The van der Waals surface area contributed by atoms with Crippen molar-refractivity contribution < 1.29 is 4.74 Å². The first-order valence-corrected chi connectivity index (χ1v) is 6.51. The molecule has 0 saturated heterocycles. The molecule has 0 aliphatic heterocycles. The summed E-state index contributed by atoms with van der Waals surface area (Å²) in [6.07, 6.45) is 14.4. The zero-order valence-electron chi connectivity index (χ0n) is 11.1. The fourth-order valence-electron chi connectivity index (χ4n) is 2.70. The van der Waals surface area contributed by atoms with Crippen molar-refractivity contribution in [1.82, 2.24) is 0 Å². The average molecular weight is 230 g/mol. The van der Waals surface area contributed by atoms with E-state index in [2.05, 4.69) is 51.2 Å². The van der Waals surface area contributed by atoms with Crippen molar-refractivity contribution in [2.24, 2.45) is 0 Å². The highest BCUT2D eigenvalue weighted by Crippen LogP contribution is 2.38. The van der Waals surface area contributed by atoms with Gasteiger partial charge >= 0.3 is 0 Å². The first-order chi connectivity index (χ1) is 8.16. The highest BCUT2D eigenvalue weighted by molar-refractivity contribution is 5.37. The van der Waals surface area contributed by atoms with Crippen LogP contribution in [-0.4, -0.2) is 12.2 Å². The topological polar surface area (TPSA) is 9.23 Å². The zero-order chi connectivity index (χ0) is 12.3. The summed E-state index contributed by atoms with van der Waals surface area (Å²) in [6.45, 7) is 7.22. The van der Waals surface area contributed by atoms with Gasteiger partial charge in [0.2, 0.25) is 0 Å². The van der Waals surface area contributed by atoms with Crippen molar-refractivity contribution in [1.29, 1.82) is 0 Å². The molecular formula is C16H22O. The molecule has 0 aromatic carbocycles. The van der Waals surface area contributed by atoms with Gasteiger partial charge in [0.05, 0.1) is 5.60 Å². The molecule has 2 rings (SSSR count). The Morgan fingerprint density at radius 3 is 2.71 bits per heavy atom. The maximum atomic E-state index is 6.11. The normalized spacial score (nSPS) is 27.8. The van der Waals surface area contributed by atoms with Crippen molar-refractivity contribution in [3.8, 4) is 0 Å². The predicted molar refractivity (Wildman–Crippen MR) is 72.9 cm³/mol. The van der Waals surface area contributed by atoms with Gasteiger partial charge in [-0.05, 0) is 44.8 Å². The van der Waals surface area contributed by atoms with Crippen LogP contribution in [0.4, 0.5) is 0 Å². The van der Waals surface area contributed by atoms with E-state index in [4.69, 9.17) is 4.74 Å². The Morgan fingerprint density at radius 2 is 2.12 bits per heavy atom. The van der Waals surface area contributed by atoms with E-state index >= 15 is 0 Å². The van der Waals surface area contributed by atoms with Crippen LogP contribution < -0.4 is 0 Å². The smallest absolute Gasteiger partial charge is 0.0966 e. The Morgan fingerprint density at radius 1 is 1.29 bits per heavy atom. The fourth-order valence-corrected chi connectivity index (χ4v) is 2.70. The molecule has 0 amide bonds. The van der Waals surface area contributed by atoms with E-state index in [0.29, 0.717) is 0 Å². The van der Waals surface area contributed by atoms with Gasteiger partial charge in [0.25, 0.3) is 0 Å². The maximum absolute atomic E-state index is 6.11. The van der Waals surface area contributed by atoms with Crippen LogP contribution in [0.3, 0.4) is 0 Å². The number of allylic oxidation sites excluding steroid dienone is 5. The van der Waals surface area contributed by atoms with Crippen LogP contribution in [0.5, 0.6) is 0 Å². The number of hydrogen-bond donors (Lipinski definition) is 0. The van der Waals surface area contributed by atoms with E-state index in [-0.39, 0.29) is 5.60 Å². The van der Waals surface area contributed by atoms with Gasteiger partial charge in [-0.2, -0.15) is 0 Å². The molecule has 92 valence electrons. The number of rotatable bonds is 4. The Hall–Kier alpha value is -1.08. The Kier molecular flexibility index (Phi) is 3.68. The minimum Gasteiger partial charge on any atom is -0.370 e. The van der Waals surface area contributed by atoms with E-state index in [0.717, 1.165) is 25.9 Å². The van der Waals surface area contributed by atoms with E-state index in [9.17, 15) is 0 Å². The van der Waals surface area contributed by atoms with E-state index in [1.165, 1.54) is 16.7 Å². The maximum Gasteiger partial charge on any atom is 0.0966 e. The summed E-state index contributed by atoms with van der Waals surface area (Å²) in [7, 11) is 0. The predicted octanol–water partition coefficient (Wildman–Crippen LogP) is 4.33. The molecular weight excluding hydrogens is 208 g/mol. The van der Waals surface area contributed by atoms with E-state index in [1.807, 2.05) is 0 Å². The highest BCUT2D eigenvalue weighted by Gasteiger charge is 2.34. The largest absolute Gasteiger partial charge is 0.370 e. The lowest BCUT2D eigenvalue weighted by atomic mass is 9.80. The minimum absolute atomic E-state index is 0.102. The molecule has 1 atom stereocenters. The summed E-state index contributed by atoms with van der Waals surface area (Å²) in [5, 5.41) is 0. The van der Waals surface area contributed by atoms with Crippen LogP contribution in [0.25, 0.3) is 0 Å². The standard InChI is InChI=1S/C16H22O/c1-4-17-16(12-15-7-5-6-8-15)10-9-13(2)11-14(16)3/h5,7-9,11H,4,6,10,12H2,1-3H3. The van der Waals surface area contributed by atoms with Crippen molar-refractivity contribution in [3.63, 3.8) is 0 Å². The third-order valence-electron chi connectivity index (χ3n) is 3.67. The summed E-state index contributed by atoms with van der Waals surface area (Å²) in [5.41, 5.74) is 4.03. The molecule has 0 heterocycles. The SMILES string of the molecule is CCOC1(CC2=CCC=C2)CC=C(C)C=C1C. The van der Waals surface area contributed by atoms with Crippen LogP contribution in [0.1, 0.15) is 40.0 Å². The summed E-state index contributed by atoms with van der Waals surface area (Å²) in [6, 6.07) is 0. The molecule has 2 aliphatic rings. The van der Waals surface area contributed by atoms with Gasteiger partial charge in [-0.1, -0.05) is 36.0 Å². The molecule has 0 saturated carbocycles. The van der Waals surface area contributed by atoms with Gasteiger partial charge < -0.3 is 4.74 Å². The van der Waals surface area contributed by atoms with Crippen LogP contribution in [-0.2, 0) is 4.74 Å². The molecule has 0 spiro atoms. The van der Waals surface area contributed by atoms with Gasteiger partial charge in [-0.15, -0.1) is 0 Å². The first kappa shape index (κ1) is 12.4. The lowest BCUT2D eigenvalue weighted by Gasteiger charge is -2.36. The second kappa shape index (κ2) is 5.05. The monoisotopic (exact) mass is 230 g/mol. The molecule has 17 heavy (non-hydrogen) atoms. The second-order valence-corrected chi connectivity index (χ2v) is 5.00. The molecule has 1 unspecified atom stereocenters. The molecule has 0 N–H and O–H groups in total. The van der Waals surface area contributed by atoms with Gasteiger partial charge in [0, 0.05) is 13.0 Å². The van der Waals surface area contributed by atoms with Crippen molar-refractivity contribution in [3.05, 3.63) is 47.1 Å². The van der Waals surface area contributed by atoms with Gasteiger partial charge in [0.15, 0.2) is 0 Å². The second-order valence-electron chi connectivity index (χ2n) is 5.00. The van der Waals surface area contributed by atoms with Gasteiger partial charge in [0.1, 0.15) is 0 Å².